The zero-order chi connectivity index (χ0) is 37.6. The summed E-state index contributed by atoms with van der Waals surface area (Å²) in [6, 6.07) is 17.3. The van der Waals surface area contributed by atoms with Gasteiger partial charge >= 0.3 is 6.03 Å². The zero-order valence-corrected chi connectivity index (χ0v) is 31.4. The second-order valence-electron chi connectivity index (χ2n) is 13.6. The molecule has 0 saturated carbocycles. The third-order valence-corrected chi connectivity index (χ3v) is 11.0. The first kappa shape index (κ1) is 38.6. The molecule has 2 heterocycles. The lowest BCUT2D eigenvalue weighted by Gasteiger charge is -2.35. The van der Waals surface area contributed by atoms with Crippen LogP contribution in [0.15, 0.2) is 70.1 Å². The minimum atomic E-state index is -4.10. The van der Waals surface area contributed by atoms with E-state index < -0.39 is 28.1 Å². The molecule has 0 radical (unpaired) electrons. The predicted octanol–water partition coefficient (Wildman–Crippen LogP) is 6.20. The number of aliphatic hydroxyl groups excluding tert-OH is 1. The van der Waals surface area contributed by atoms with Crippen molar-refractivity contribution < 1.29 is 37.1 Å². The number of fused-ring (bicyclic) bond motifs is 2. The summed E-state index contributed by atoms with van der Waals surface area (Å²) >= 11 is 0. The van der Waals surface area contributed by atoms with Crippen LogP contribution in [0.5, 0.6) is 5.75 Å². The Morgan fingerprint density at radius 2 is 1.85 bits per heavy atom. The number of rotatable bonds is 8. The van der Waals surface area contributed by atoms with Crippen LogP contribution in [-0.2, 0) is 14.8 Å². The number of likely N-dealkylation sites (N-methyl/N-ethyl adjacent to an activating group) is 1. The first-order valence-corrected chi connectivity index (χ1v) is 19.1. The largest absolute Gasteiger partial charge is 0.490 e. The van der Waals surface area contributed by atoms with Crippen molar-refractivity contribution in [3.05, 3.63) is 77.7 Å². The summed E-state index contributed by atoms with van der Waals surface area (Å²) in [6.07, 6.45) is 1.52. The molecule has 1 aliphatic heterocycles. The lowest BCUT2D eigenvalue weighted by molar-refractivity contribution is -0.0115. The van der Waals surface area contributed by atoms with Gasteiger partial charge in [-0.2, -0.15) is 0 Å². The zero-order valence-electron chi connectivity index (χ0n) is 30.6. The van der Waals surface area contributed by atoms with Gasteiger partial charge in [-0.1, -0.05) is 48.5 Å². The number of sulfonamides is 1. The third kappa shape index (κ3) is 9.03. The van der Waals surface area contributed by atoms with E-state index in [1.165, 1.54) is 19.9 Å². The van der Waals surface area contributed by atoms with Crippen molar-refractivity contribution in [3.63, 3.8) is 0 Å². The summed E-state index contributed by atoms with van der Waals surface area (Å²) < 4.78 is 47.0. The van der Waals surface area contributed by atoms with Crippen molar-refractivity contribution in [1.29, 1.82) is 0 Å². The fourth-order valence-corrected chi connectivity index (χ4v) is 7.79. The van der Waals surface area contributed by atoms with Gasteiger partial charge in [0.05, 0.1) is 36.1 Å². The average molecular weight is 736 g/mol. The molecule has 0 aliphatic carbocycles. The summed E-state index contributed by atoms with van der Waals surface area (Å²) in [6.45, 7) is 9.21. The van der Waals surface area contributed by atoms with E-state index in [0.717, 1.165) is 23.6 Å². The van der Waals surface area contributed by atoms with Crippen molar-refractivity contribution in [2.45, 2.75) is 77.0 Å². The Balaban J connectivity index is 1.41. The molecular weight excluding hydrogens is 687 g/mol. The van der Waals surface area contributed by atoms with Crippen molar-refractivity contribution >= 4 is 44.1 Å². The number of aryl methyl sites for hydroxylation is 2. The fraction of sp³-hybridized carbons (Fsp3) is 0.447. The molecule has 5 rings (SSSR count). The number of nitrogens with zero attached hydrogens (tertiary/aromatic N) is 3. The average Bonchev–Trinajstić information content (AvgIpc) is 3.47. The minimum absolute atomic E-state index is 0.0741. The third-order valence-electron chi connectivity index (χ3n) is 9.37. The maximum Gasteiger partial charge on any atom is 0.321 e. The second kappa shape index (κ2) is 16.8. The number of aliphatic hydroxyl groups is 1. The highest BCUT2D eigenvalue weighted by molar-refractivity contribution is 7.92. The topological polar surface area (TPSA) is 164 Å². The molecule has 280 valence electrons. The van der Waals surface area contributed by atoms with Crippen LogP contribution in [0.25, 0.3) is 10.8 Å². The molecule has 0 unspecified atom stereocenters. The van der Waals surface area contributed by atoms with Gasteiger partial charge in [0.1, 0.15) is 11.4 Å². The van der Waals surface area contributed by atoms with Crippen LogP contribution in [0.2, 0.25) is 0 Å². The number of aromatic nitrogens is 1. The smallest absolute Gasteiger partial charge is 0.321 e. The Labute approximate surface area is 305 Å². The normalized spacial score (nSPS) is 19.6. The highest BCUT2D eigenvalue weighted by atomic mass is 32.2. The Morgan fingerprint density at radius 1 is 1.10 bits per heavy atom. The summed E-state index contributed by atoms with van der Waals surface area (Å²) in [5.74, 6) is -0.290. The van der Waals surface area contributed by atoms with E-state index in [0.29, 0.717) is 24.5 Å². The van der Waals surface area contributed by atoms with Crippen molar-refractivity contribution in [1.82, 2.24) is 15.0 Å². The van der Waals surface area contributed by atoms with Gasteiger partial charge in [0.15, 0.2) is 10.7 Å². The maximum absolute atomic E-state index is 14.5. The molecule has 14 heteroatoms. The van der Waals surface area contributed by atoms with Gasteiger partial charge in [0.2, 0.25) is 0 Å². The van der Waals surface area contributed by atoms with Crippen molar-refractivity contribution in [2.75, 3.05) is 43.4 Å². The van der Waals surface area contributed by atoms with E-state index >= 15 is 0 Å². The number of nitrogens with one attached hydrogen (secondary N) is 2. The molecule has 52 heavy (non-hydrogen) atoms. The Bertz CT molecular complexity index is 1960. The summed E-state index contributed by atoms with van der Waals surface area (Å²) in [7, 11) is -2.39. The van der Waals surface area contributed by atoms with E-state index in [9.17, 15) is 23.1 Å². The monoisotopic (exact) mass is 735 g/mol. The van der Waals surface area contributed by atoms with E-state index in [1.54, 1.807) is 35.9 Å². The number of urea groups is 1. The highest BCUT2D eigenvalue weighted by Crippen LogP contribution is 2.31. The quantitative estimate of drug-likeness (QED) is 0.191. The Hall–Kier alpha value is -4.66. The first-order valence-electron chi connectivity index (χ1n) is 17.6. The molecule has 1 aromatic heterocycles. The van der Waals surface area contributed by atoms with Crippen LogP contribution in [0.1, 0.15) is 61.8 Å². The van der Waals surface area contributed by atoms with E-state index in [1.807, 2.05) is 56.3 Å². The van der Waals surface area contributed by atoms with Gasteiger partial charge in [-0.15, -0.1) is 0 Å². The fourth-order valence-electron chi connectivity index (χ4n) is 6.41. The molecule has 0 bridgehead atoms. The number of hydrogen-bond acceptors (Lipinski definition) is 9. The number of anilines is 2. The Kier molecular flexibility index (Phi) is 12.4. The molecule has 3 N–H and O–H groups in total. The van der Waals surface area contributed by atoms with Crippen LogP contribution >= 0.6 is 0 Å². The number of carbonyl (C=O) groups excluding carboxylic acids is 2. The van der Waals surface area contributed by atoms with Gasteiger partial charge in [-0.25, -0.2) is 13.2 Å². The van der Waals surface area contributed by atoms with Gasteiger partial charge in [0, 0.05) is 43.7 Å². The molecule has 0 spiro atoms. The van der Waals surface area contributed by atoms with Crippen LogP contribution in [0.3, 0.4) is 0 Å². The molecule has 4 atom stereocenters. The number of hydrogen-bond donors (Lipinski definition) is 3. The van der Waals surface area contributed by atoms with Gasteiger partial charge in [-0.05, 0) is 76.6 Å². The molecule has 1 aliphatic rings. The lowest BCUT2D eigenvalue weighted by atomic mass is 10.0. The van der Waals surface area contributed by atoms with Crippen LogP contribution in [0, 0.1) is 19.8 Å². The second-order valence-corrected chi connectivity index (χ2v) is 15.2. The van der Waals surface area contributed by atoms with Crippen LogP contribution in [-0.4, -0.2) is 92.0 Å². The predicted molar refractivity (Wildman–Crippen MR) is 199 cm³/mol. The molecule has 0 saturated heterocycles. The highest BCUT2D eigenvalue weighted by Gasteiger charge is 2.32. The summed E-state index contributed by atoms with van der Waals surface area (Å²) in [5.41, 5.74) is 1.20. The first-order chi connectivity index (χ1) is 24.8. The molecule has 3 amide bonds. The van der Waals surface area contributed by atoms with Crippen molar-refractivity contribution in [2.24, 2.45) is 5.92 Å². The Morgan fingerprint density at radius 3 is 2.58 bits per heavy atom. The van der Waals surface area contributed by atoms with Crippen molar-refractivity contribution in [3.8, 4) is 5.75 Å². The molecular formula is C38H49N5O8S. The SMILES string of the molecule is Cc1noc(C)c1S(=O)(=O)Nc1ccc2c(c1)C(=O)N([C@H](C)CO)C[C@@H](C)[C@H](CN(C)C(=O)Nc1cccc3ccccc13)OCCCC[C@@H](C)O2. The number of carbonyl (C=O) groups is 2. The van der Waals surface area contributed by atoms with Gasteiger partial charge in [0.25, 0.3) is 15.9 Å². The van der Waals surface area contributed by atoms with E-state index in [-0.39, 0.29) is 65.3 Å². The van der Waals surface area contributed by atoms with Crippen LogP contribution < -0.4 is 14.8 Å². The van der Waals surface area contributed by atoms with E-state index in [4.69, 9.17) is 14.0 Å². The maximum atomic E-state index is 14.5. The molecule has 0 fully saturated rings. The molecule has 4 aromatic rings. The standard InChI is InChI=1S/C38H49N5O8S/c1-24-21-43(25(2)23-44)37(45)32-20-30(41-52(47,48)36-27(4)40-51-28(36)5)17-18-34(32)50-26(3)12-9-10-19-49-35(24)22-42(6)38(46)39-33-16-11-14-29-13-7-8-15-31(29)33/h7-8,11,13-18,20,24-26,35,41,44H,9-10,12,19,21-23H2,1-6H3,(H,39,46)/t24-,25-,26-,35+/m1/s1. The number of ether oxygens (including phenoxy) is 2. The molecule has 3 aromatic carbocycles. The summed E-state index contributed by atoms with van der Waals surface area (Å²) in [5, 5.41) is 19.0. The van der Waals surface area contributed by atoms with E-state index in [2.05, 4.69) is 15.2 Å². The minimum Gasteiger partial charge on any atom is -0.490 e. The van der Waals surface area contributed by atoms with Crippen LogP contribution in [0.4, 0.5) is 16.2 Å². The number of benzene rings is 3. The lowest BCUT2D eigenvalue weighted by Crippen LogP contribution is -2.48. The van der Waals surface area contributed by atoms with Gasteiger partial charge in [-0.3, -0.25) is 9.52 Å². The summed E-state index contributed by atoms with van der Waals surface area (Å²) in [4.78, 5) is 31.0. The van der Waals surface area contributed by atoms with Gasteiger partial charge < -0.3 is 34.2 Å². The molecule has 13 nitrogen and oxygen atoms in total. The number of amides is 3.